The van der Waals surface area contributed by atoms with Crippen molar-refractivity contribution in [3.63, 3.8) is 0 Å². The Labute approximate surface area is 168 Å². The standard InChI is InChI=1S/C22H21FN5O/c1-3-29-28-20-10-15(9-19-21(20)13(2)26-22(24)27-19)17-7-6-16(23)11-18(17)14-5-4-8-25-12-14/h4-8,11-12,15H,1,3,9-10H2,2H3,(H2,24,26,27)/b28-20+/t15-/m1/s1. The maximum atomic E-state index is 14.1. The van der Waals surface area contributed by atoms with Crippen LogP contribution in [0.4, 0.5) is 10.3 Å². The summed E-state index contributed by atoms with van der Waals surface area (Å²) < 4.78 is 14.1. The maximum Gasteiger partial charge on any atom is 0.220 e. The molecule has 7 heteroatoms. The van der Waals surface area contributed by atoms with Crippen LogP contribution < -0.4 is 5.73 Å². The third kappa shape index (κ3) is 3.81. The molecule has 2 heterocycles. The number of aromatic nitrogens is 3. The lowest BCUT2D eigenvalue weighted by Crippen LogP contribution is -2.24. The molecule has 1 atom stereocenters. The molecule has 29 heavy (non-hydrogen) atoms. The van der Waals surface area contributed by atoms with Gasteiger partial charge in [0.05, 0.1) is 17.1 Å². The Morgan fingerprint density at radius 3 is 2.90 bits per heavy atom. The van der Waals surface area contributed by atoms with Crippen LogP contribution in [0.25, 0.3) is 11.1 Å². The van der Waals surface area contributed by atoms with E-state index in [-0.39, 0.29) is 24.3 Å². The number of nitrogens with two attached hydrogens (primary N) is 1. The molecule has 0 spiro atoms. The Balaban J connectivity index is 1.83. The number of hydrogen-bond donors (Lipinski definition) is 1. The van der Waals surface area contributed by atoms with Crippen LogP contribution in [0.1, 0.15) is 34.9 Å². The Morgan fingerprint density at radius 1 is 1.28 bits per heavy atom. The number of anilines is 1. The molecule has 2 aromatic heterocycles. The molecule has 147 valence electrons. The van der Waals surface area contributed by atoms with E-state index in [4.69, 9.17) is 10.6 Å². The zero-order chi connectivity index (χ0) is 20.4. The van der Waals surface area contributed by atoms with Crippen LogP contribution in [0.5, 0.6) is 0 Å². The molecule has 0 amide bonds. The molecule has 0 saturated heterocycles. The number of hydrogen-bond acceptors (Lipinski definition) is 6. The van der Waals surface area contributed by atoms with Gasteiger partial charge in [0.15, 0.2) is 0 Å². The topological polar surface area (TPSA) is 86.3 Å². The largest absolute Gasteiger partial charge is 0.396 e. The third-order valence-corrected chi connectivity index (χ3v) is 5.04. The van der Waals surface area contributed by atoms with Gasteiger partial charge in [-0.1, -0.05) is 17.3 Å². The Bertz CT molecular complexity index is 1070. The van der Waals surface area contributed by atoms with Gasteiger partial charge in [-0.15, -0.1) is 0 Å². The van der Waals surface area contributed by atoms with Crippen molar-refractivity contribution in [1.82, 2.24) is 15.0 Å². The molecule has 6 nitrogen and oxygen atoms in total. The summed E-state index contributed by atoms with van der Waals surface area (Å²) in [6.07, 6.45) is 4.69. The molecule has 0 aliphatic heterocycles. The lowest BCUT2D eigenvalue weighted by atomic mass is 9.78. The van der Waals surface area contributed by atoms with Crippen LogP contribution in [0.3, 0.4) is 0 Å². The number of nitrogen functional groups attached to an aromatic ring is 1. The molecule has 0 bridgehead atoms. The van der Waals surface area contributed by atoms with E-state index in [1.807, 2.05) is 25.1 Å². The number of rotatable bonds is 4. The molecule has 0 fully saturated rings. The molecule has 1 aromatic carbocycles. The van der Waals surface area contributed by atoms with E-state index in [1.165, 1.54) is 6.07 Å². The van der Waals surface area contributed by atoms with Crippen molar-refractivity contribution in [1.29, 1.82) is 0 Å². The predicted octanol–water partition coefficient (Wildman–Crippen LogP) is 3.85. The number of nitrogens with zero attached hydrogens (tertiary/aromatic N) is 4. The van der Waals surface area contributed by atoms with Gasteiger partial charge in [0.1, 0.15) is 12.4 Å². The minimum atomic E-state index is -0.291. The first kappa shape index (κ1) is 19.0. The fourth-order valence-corrected chi connectivity index (χ4v) is 3.90. The summed E-state index contributed by atoms with van der Waals surface area (Å²) in [4.78, 5) is 18.2. The molecule has 1 aliphatic carbocycles. The highest BCUT2D eigenvalue weighted by Gasteiger charge is 2.30. The monoisotopic (exact) mass is 390 g/mol. The number of fused-ring (bicyclic) bond motifs is 1. The summed E-state index contributed by atoms with van der Waals surface area (Å²) >= 11 is 0. The maximum absolute atomic E-state index is 14.1. The van der Waals surface area contributed by atoms with Crippen molar-refractivity contribution in [3.8, 4) is 11.1 Å². The SMILES string of the molecule is [CH2]CO/N=C1\C[C@H](c2ccc(F)cc2-c2cccnc2)Cc2nc(N)nc(C)c21. The minimum absolute atomic E-state index is 0.0270. The molecule has 0 unspecified atom stereocenters. The van der Waals surface area contributed by atoms with E-state index in [1.54, 1.807) is 18.5 Å². The smallest absolute Gasteiger partial charge is 0.220 e. The lowest BCUT2D eigenvalue weighted by Gasteiger charge is -2.28. The second-order valence-electron chi connectivity index (χ2n) is 6.94. The summed E-state index contributed by atoms with van der Waals surface area (Å²) in [6.45, 7) is 5.78. The summed E-state index contributed by atoms with van der Waals surface area (Å²) in [5, 5.41) is 4.28. The van der Waals surface area contributed by atoms with Gasteiger partial charge in [-0.25, -0.2) is 14.4 Å². The highest BCUT2D eigenvalue weighted by atomic mass is 19.1. The van der Waals surface area contributed by atoms with Gasteiger partial charge in [-0.2, -0.15) is 0 Å². The quantitative estimate of drug-likeness (QED) is 0.684. The van der Waals surface area contributed by atoms with Crippen LogP contribution in [0.2, 0.25) is 0 Å². The second-order valence-corrected chi connectivity index (χ2v) is 6.94. The van der Waals surface area contributed by atoms with E-state index in [0.29, 0.717) is 12.8 Å². The number of aryl methyl sites for hydroxylation is 1. The van der Waals surface area contributed by atoms with Gasteiger partial charge in [-0.3, -0.25) is 4.98 Å². The van der Waals surface area contributed by atoms with E-state index >= 15 is 0 Å². The average molecular weight is 390 g/mol. The minimum Gasteiger partial charge on any atom is -0.396 e. The van der Waals surface area contributed by atoms with E-state index < -0.39 is 0 Å². The van der Waals surface area contributed by atoms with Crippen molar-refractivity contribution in [2.75, 3.05) is 12.3 Å². The first-order valence-electron chi connectivity index (χ1n) is 9.38. The molecular formula is C22H21FN5O. The fourth-order valence-electron chi connectivity index (χ4n) is 3.90. The third-order valence-electron chi connectivity index (χ3n) is 5.04. The van der Waals surface area contributed by atoms with Crippen molar-refractivity contribution in [2.24, 2.45) is 5.16 Å². The normalized spacial score (nSPS) is 17.2. The Kier molecular flexibility index (Phi) is 5.20. The summed E-state index contributed by atoms with van der Waals surface area (Å²) in [5.74, 6) is -0.0365. The Hall–Kier alpha value is -3.35. The summed E-state index contributed by atoms with van der Waals surface area (Å²) in [6, 6.07) is 8.61. The van der Waals surface area contributed by atoms with Crippen LogP contribution in [-0.2, 0) is 11.3 Å². The zero-order valence-electron chi connectivity index (χ0n) is 16.1. The van der Waals surface area contributed by atoms with Crippen LogP contribution in [0, 0.1) is 19.7 Å². The van der Waals surface area contributed by atoms with Crippen molar-refractivity contribution in [3.05, 3.63) is 78.0 Å². The van der Waals surface area contributed by atoms with Crippen LogP contribution in [-0.4, -0.2) is 27.3 Å². The van der Waals surface area contributed by atoms with Crippen LogP contribution in [0.15, 0.2) is 47.9 Å². The lowest BCUT2D eigenvalue weighted by molar-refractivity contribution is 0.172. The van der Waals surface area contributed by atoms with Gasteiger partial charge in [0.25, 0.3) is 0 Å². The van der Waals surface area contributed by atoms with Gasteiger partial charge in [-0.05, 0) is 55.5 Å². The zero-order valence-corrected chi connectivity index (χ0v) is 16.1. The highest BCUT2D eigenvalue weighted by Crippen LogP contribution is 2.38. The second kappa shape index (κ2) is 7.95. The van der Waals surface area contributed by atoms with Gasteiger partial charge in [0.2, 0.25) is 5.95 Å². The van der Waals surface area contributed by atoms with Crippen molar-refractivity contribution >= 4 is 11.7 Å². The molecule has 0 saturated carbocycles. The van der Waals surface area contributed by atoms with Gasteiger partial charge in [0, 0.05) is 29.9 Å². The van der Waals surface area contributed by atoms with E-state index in [9.17, 15) is 4.39 Å². The average Bonchev–Trinajstić information content (AvgIpc) is 2.72. The van der Waals surface area contributed by atoms with Crippen molar-refractivity contribution in [2.45, 2.75) is 25.7 Å². The highest BCUT2D eigenvalue weighted by molar-refractivity contribution is 6.03. The molecule has 3 aromatic rings. The van der Waals surface area contributed by atoms with Gasteiger partial charge >= 0.3 is 0 Å². The number of benzene rings is 1. The van der Waals surface area contributed by atoms with Crippen LogP contribution >= 0.6 is 0 Å². The molecule has 2 N–H and O–H groups in total. The first-order valence-corrected chi connectivity index (χ1v) is 9.38. The number of pyridine rings is 1. The van der Waals surface area contributed by atoms with Crippen molar-refractivity contribution < 1.29 is 9.23 Å². The fraction of sp³-hybridized carbons (Fsp3) is 0.227. The first-order chi connectivity index (χ1) is 14.1. The van der Waals surface area contributed by atoms with E-state index in [0.717, 1.165) is 39.4 Å². The molecule has 4 rings (SSSR count). The molecule has 1 radical (unpaired) electrons. The summed E-state index contributed by atoms with van der Waals surface area (Å²) in [5.41, 5.74) is 11.8. The Morgan fingerprint density at radius 2 is 2.14 bits per heavy atom. The van der Waals surface area contributed by atoms with Gasteiger partial charge < -0.3 is 10.6 Å². The summed E-state index contributed by atoms with van der Waals surface area (Å²) in [7, 11) is 0. The van der Waals surface area contributed by atoms with E-state index in [2.05, 4.69) is 27.0 Å². The molecule has 1 aliphatic rings. The number of oxime groups is 1. The molecular weight excluding hydrogens is 369 g/mol. The number of halogens is 1. The predicted molar refractivity (Wildman–Crippen MR) is 110 cm³/mol.